The topological polar surface area (TPSA) is 75.2 Å². The summed E-state index contributed by atoms with van der Waals surface area (Å²) < 4.78 is 0. The van der Waals surface area contributed by atoms with E-state index >= 15 is 0 Å². The van der Waals surface area contributed by atoms with Gasteiger partial charge in [-0.3, -0.25) is 14.6 Å². The Morgan fingerprint density at radius 1 is 1.09 bits per heavy atom. The van der Waals surface area contributed by atoms with Crippen LogP contribution in [0.2, 0.25) is 0 Å². The van der Waals surface area contributed by atoms with Gasteiger partial charge in [0.25, 0.3) is 0 Å². The zero-order valence-electron chi connectivity index (χ0n) is 18.1. The second kappa shape index (κ2) is 8.96. The lowest BCUT2D eigenvalue weighted by atomic mass is 10.1. The van der Waals surface area contributed by atoms with E-state index in [9.17, 15) is 9.59 Å². The first-order chi connectivity index (χ1) is 16.1. The van der Waals surface area contributed by atoms with Crippen molar-refractivity contribution in [2.24, 2.45) is 5.92 Å². The van der Waals surface area contributed by atoms with E-state index in [1.165, 1.54) is 0 Å². The van der Waals surface area contributed by atoms with Crippen molar-refractivity contribution in [2.75, 3.05) is 16.8 Å². The Kier molecular flexibility index (Phi) is 5.71. The number of nitrogens with zero attached hydrogens (tertiary/aromatic N) is 3. The molecule has 0 aliphatic carbocycles. The van der Waals surface area contributed by atoms with Gasteiger partial charge in [0.15, 0.2) is 0 Å². The third-order valence-corrected chi connectivity index (χ3v) is 6.63. The number of hydrogen-bond acceptors (Lipinski definition) is 5. The Balaban J connectivity index is 1.29. The molecule has 1 fully saturated rings. The van der Waals surface area contributed by atoms with Gasteiger partial charge in [-0.05, 0) is 42.8 Å². The van der Waals surface area contributed by atoms with Crippen LogP contribution in [0, 0.1) is 12.8 Å². The fraction of sp³-hybridized carbons (Fsp3) is 0.154. The van der Waals surface area contributed by atoms with Crippen LogP contribution in [0.4, 0.5) is 11.4 Å². The van der Waals surface area contributed by atoms with Gasteiger partial charge in [-0.2, -0.15) is 0 Å². The summed E-state index contributed by atoms with van der Waals surface area (Å²) >= 11 is 1.56. The Morgan fingerprint density at radius 2 is 1.94 bits per heavy atom. The number of para-hydroxylation sites is 1. The predicted molar refractivity (Wildman–Crippen MR) is 131 cm³/mol. The van der Waals surface area contributed by atoms with Crippen molar-refractivity contribution in [3.05, 3.63) is 84.0 Å². The fourth-order valence-corrected chi connectivity index (χ4v) is 4.83. The van der Waals surface area contributed by atoms with Crippen molar-refractivity contribution in [3.63, 3.8) is 0 Å². The maximum Gasteiger partial charge on any atom is 0.229 e. The molecule has 0 spiro atoms. The van der Waals surface area contributed by atoms with Gasteiger partial charge < -0.3 is 10.2 Å². The van der Waals surface area contributed by atoms with Gasteiger partial charge in [0.1, 0.15) is 5.01 Å². The van der Waals surface area contributed by atoms with E-state index < -0.39 is 5.92 Å². The molecule has 0 radical (unpaired) electrons. The van der Waals surface area contributed by atoms with Crippen LogP contribution < -0.4 is 10.2 Å². The normalized spacial score (nSPS) is 15.6. The van der Waals surface area contributed by atoms with Gasteiger partial charge in [-0.25, -0.2) is 4.98 Å². The first-order valence-electron chi connectivity index (χ1n) is 10.7. The quantitative estimate of drug-likeness (QED) is 0.451. The molecule has 2 aromatic heterocycles. The highest BCUT2D eigenvalue weighted by Gasteiger charge is 2.35. The maximum absolute atomic E-state index is 12.9. The molecule has 3 heterocycles. The van der Waals surface area contributed by atoms with Crippen LogP contribution in [-0.2, 0) is 9.59 Å². The number of hydrogen-bond donors (Lipinski definition) is 1. The van der Waals surface area contributed by atoms with Crippen molar-refractivity contribution in [1.29, 1.82) is 0 Å². The smallest absolute Gasteiger partial charge is 0.229 e. The monoisotopic (exact) mass is 454 g/mol. The number of rotatable bonds is 5. The summed E-state index contributed by atoms with van der Waals surface area (Å²) in [5, 5.41) is 5.88. The maximum atomic E-state index is 12.9. The van der Waals surface area contributed by atoms with Crippen molar-refractivity contribution < 1.29 is 9.59 Å². The summed E-state index contributed by atoms with van der Waals surface area (Å²) in [6.07, 6.45) is 3.74. The third-order valence-electron chi connectivity index (χ3n) is 5.74. The Bertz CT molecular complexity index is 1320. The van der Waals surface area contributed by atoms with E-state index in [2.05, 4.69) is 10.3 Å². The summed E-state index contributed by atoms with van der Waals surface area (Å²) in [5.41, 5.74) is 5.32. The molecule has 0 saturated carbocycles. The molecule has 0 bridgehead atoms. The van der Waals surface area contributed by atoms with Crippen LogP contribution in [0.25, 0.3) is 21.8 Å². The highest BCUT2D eigenvalue weighted by molar-refractivity contribution is 7.13. The first kappa shape index (κ1) is 21.0. The van der Waals surface area contributed by atoms with Gasteiger partial charge >= 0.3 is 0 Å². The second-order valence-electron chi connectivity index (χ2n) is 8.04. The van der Waals surface area contributed by atoms with E-state index in [4.69, 9.17) is 4.98 Å². The minimum Gasteiger partial charge on any atom is -0.326 e. The first-order valence-corrected chi connectivity index (χ1v) is 11.6. The highest BCUT2D eigenvalue weighted by Crippen LogP contribution is 2.31. The SMILES string of the molecule is Cc1ccccc1N1CC(C(=O)Nc2cccc(-c3csc(-c4cccnc4)n3)c2)CC1=O. The summed E-state index contributed by atoms with van der Waals surface area (Å²) in [6.45, 7) is 2.36. The van der Waals surface area contributed by atoms with Crippen LogP contribution >= 0.6 is 11.3 Å². The molecule has 6 nitrogen and oxygen atoms in total. The van der Waals surface area contributed by atoms with Gasteiger partial charge in [0, 0.05) is 53.2 Å². The fourth-order valence-electron chi connectivity index (χ4n) is 4.01. The summed E-state index contributed by atoms with van der Waals surface area (Å²) in [5.74, 6) is -0.563. The number of carbonyl (C=O) groups excluding carboxylic acids is 2. The van der Waals surface area contributed by atoms with E-state index in [1.54, 1.807) is 28.6 Å². The zero-order chi connectivity index (χ0) is 22.8. The minimum absolute atomic E-state index is 0.0244. The number of aromatic nitrogens is 2. The lowest BCUT2D eigenvalue weighted by Crippen LogP contribution is -2.28. The number of nitrogens with one attached hydrogen (secondary N) is 1. The van der Waals surface area contributed by atoms with Crippen LogP contribution in [-0.4, -0.2) is 28.3 Å². The molecule has 1 aliphatic rings. The lowest BCUT2D eigenvalue weighted by Gasteiger charge is -2.19. The molecule has 1 aliphatic heterocycles. The van der Waals surface area contributed by atoms with Crippen molar-refractivity contribution in [3.8, 4) is 21.8 Å². The Labute approximate surface area is 195 Å². The number of aryl methyl sites for hydroxylation is 1. The Hall–Kier alpha value is -3.84. The molecule has 7 heteroatoms. The van der Waals surface area contributed by atoms with Crippen LogP contribution in [0.3, 0.4) is 0 Å². The average Bonchev–Trinajstić information content (AvgIpc) is 3.48. The third kappa shape index (κ3) is 4.40. The number of thiazole rings is 1. The summed E-state index contributed by atoms with van der Waals surface area (Å²) in [4.78, 5) is 36.1. The van der Waals surface area contributed by atoms with E-state index in [-0.39, 0.29) is 18.2 Å². The average molecular weight is 455 g/mol. The molecule has 33 heavy (non-hydrogen) atoms. The molecule has 1 atom stereocenters. The van der Waals surface area contributed by atoms with Crippen LogP contribution in [0.15, 0.2) is 78.4 Å². The molecule has 2 amide bonds. The summed E-state index contributed by atoms with van der Waals surface area (Å²) in [7, 11) is 0. The van der Waals surface area contributed by atoms with Crippen LogP contribution in [0.5, 0.6) is 0 Å². The molecule has 164 valence electrons. The van der Waals surface area contributed by atoms with Gasteiger partial charge in [0.05, 0.1) is 11.6 Å². The van der Waals surface area contributed by atoms with E-state index in [1.807, 2.05) is 73.0 Å². The minimum atomic E-state index is -0.391. The van der Waals surface area contributed by atoms with Gasteiger partial charge in [-0.15, -0.1) is 11.3 Å². The molecular weight excluding hydrogens is 432 g/mol. The predicted octanol–water partition coefficient (Wildman–Crippen LogP) is 5.17. The lowest BCUT2D eigenvalue weighted by molar-refractivity contribution is -0.122. The second-order valence-corrected chi connectivity index (χ2v) is 8.90. The summed E-state index contributed by atoms with van der Waals surface area (Å²) in [6, 6.07) is 19.2. The molecule has 2 aromatic carbocycles. The molecule has 4 aromatic rings. The van der Waals surface area contributed by atoms with E-state index in [0.29, 0.717) is 12.2 Å². The molecule has 1 unspecified atom stereocenters. The van der Waals surface area contributed by atoms with Crippen LogP contribution in [0.1, 0.15) is 12.0 Å². The largest absolute Gasteiger partial charge is 0.326 e. The number of benzene rings is 2. The van der Waals surface area contributed by atoms with Gasteiger partial charge in [-0.1, -0.05) is 30.3 Å². The number of anilines is 2. The van der Waals surface area contributed by atoms with E-state index in [0.717, 1.165) is 33.1 Å². The molecule has 1 N–H and O–H groups in total. The highest BCUT2D eigenvalue weighted by atomic mass is 32.1. The molecule has 5 rings (SSSR count). The van der Waals surface area contributed by atoms with Gasteiger partial charge in [0.2, 0.25) is 11.8 Å². The van der Waals surface area contributed by atoms with Crippen molar-refractivity contribution in [1.82, 2.24) is 9.97 Å². The Morgan fingerprint density at radius 3 is 2.76 bits per heavy atom. The number of pyridine rings is 1. The zero-order valence-corrected chi connectivity index (χ0v) is 18.9. The standard InChI is InChI=1S/C26H22N4O2S/c1-17-6-2-3-10-23(17)30-15-20(13-24(30)31)25(32)28-21-9-4-7-18(12-21)22-16-33-26(29-22)19-8-5-11-27-14-19/h2-12,14,16,20H,13,15H2,1H3,(H,28,32). The number of carbonyl (C=O) groups is 2. The number of amides is 2. The van der Waals surface area contributed by atoms with Crippen molar-refractivity contribution in [2.45, 2.75) is 13.3 Å². The molecular formula is C26H22N4O2S. The van der Waals surface area contributed by atoms with Crippen molar-refractivity contribution >= 4 is 34.5 Å². The molecule has 1 saturated heterocycles.